The molecular formula is C18H20N2O2. The third-order valence-electron chi connectivity index (χ3n) is 3.15. The number of ketones is 1. The molecule has 4 nitrogen and oxygen atoms in total. The molecule has 0 N–H and O–H groups in total. The van der Waals surface area contributed by atoms with Crippen molar-refractivity contribution in [2.75, 3.05) is 25.6 Å². The Labute approximate surface area is 131 Å². The molecule has 0 spiro atoms. The molecule has 0 aliphatic carbocycles. The monoisotopic (exact) mass is 296 g/mol. The Bertz CT molecular complexity index is 644. The number of carbonyl (C=O) groups is 1. The zero-order valence-electron chi connectivity index (χ0n) is 13.1. The SMILES string of the molecule is CCOc1ccc(C(=O)C=Nc2ccc(N(C)C)cc2)cc1. The van der Waals surface area contributed by atoms with Crippen molar-refractivity contribution < 1.29 is 9.53 Å². The molecule has 2 aromatic rings. The molecule has 0 fully saturated rings. The van der Waals surface area contributed by atoms with E-state index >= 15 is 0 Å². The highest BCUT2D eigenvalue weighted by Crippen LogP contribution is 2.18. The quantitative estimate of drug-likeness (QED) is 0.602. The van der Waals surface area contributed by atoms with Crippen molar-refractivity contribution in [3.05, 3.63) is 54.1 Å². The first kappa shape index (κ1) is 15.8. The van der Waals surface area contributed by atoms with Crippen LogP contribution in [-0.2, 0) is 0 Å². The normalized spacial score (nSPS) is 10.7. The Balaban J connectivity index is 2.04. The van der Waals surface area contributed by atoms with Crippen LogP contribution in [0.3, 0.4) is 0 Å². The van der Waals surface area contributed by atoms with Crippen LogP contribution in [0.1, 0.15) is 17.3 Å². The standard InChI is InChI=1S/C18H20N2O2/c1-4-22-17-11-5-14(6-12-17)18(21)13-19-15-7-9-16(10-8-15)20(2)3/h5-13H,4H2,1-3H3. The number of rotatable bonds is 6. The van der Waals surface area contributed by atoms with E-state index in [1.165, 1.54) is 6.21 Å². The molecule has 0 saturated carbocycles. The second-order valence-corrected chi connectivity index (χ2v) is 4.99. The number of hydrogen-bond donors (Lipinski definition) is 0. The van der Waals surface area contributed by atoms with Gasteiger partial charge in [0.1, 0.15) is 5.75 Å². The third kappa shape index (κ3) is 4.19. The first-order valence-corrected chi connectivity index (χ1v) is 7.19. The van der Waals surface area contributed by atoms with Crippen molar-refractivity contribution in [3.63, 3.8) is 0 Å². The number of hydrogen-bond acceptors (Lipinski definition) is 4. The maximum absolute atomic E-state index is 12.1. The fourth-order valence-electron chi connectivity index (χ4n) is 1.93. The van der Waals surface area contributed by atoms with Gasteiger partial charge in [0, 0.05) is 25.3 Å². The van der Waals surface area contributed by atoms with E-state index in [-0.39, 0.29) is 5.78 Å². The van der Waals surface area contributed by atoms with Crippen molar-refractivity contribution >= 4 is 23.4 Å². The lowest BCUT2D eigenvalue weighted by atomic mass is 10.1. The average molecular weight is 296 g/mol. The molecule has 0 saturated heterocycles. The number of carbonyl (C=O) groups excluding carboxylic acids is 1. The summed E-state index contributed by atoms with van der Waals surface area (Å²) < 4.78 is 5.35. The van der Waals surface area contributed by atoms with Gasteiger partial charge in [-0.1, -0.05) is 0 Å². The van der Waals surface area contributed by atoms with Crippen LogP contribution in [0, 0.1) is 0 Å². The van der Waals surface area contributed by atoms with Crippen LogP contribution in [0.4, 0.5) is 11.4 Å². The lowest BCUT2D eigenvalue weighted by Gasteiger charge is -2.11. The number of aliphatic imine (C=N–C) groups is 1. The summed E-state index contributed by atoms with van der Waals surface area (Å²) in [7, 11) is 3.96. The van der Waals surface area contributed by atoms with Gasteiger partial charge < -0.3 is 9.64 Å². The van der Waals surface area contributed by atoms with Crippen LogP contribution in [0.5, 0.6) is 5.75 Å². The zero-order valence-corrected chi connectivity index (χ0v) is 13.1. The van der Waals surface area contributed by atoms with Crippen molar-refractivity contribution in [1.82, 2.24) is 0 Å². The fourth-order valence-corrected chi connectivity index (χ4v) is 1.93. The molecule has 0 amide bonds. The molecule has 114 valence electrons. The highest BCUT2D eigenvalue weighted by atomic mass is 16.5. The van der Waals surface area contributed by atoms with Crippen LogP contribution in [0.15, 0.2) is 53.5 Å². The fraction of sp³-hybridized carbons (Fsp3) is 0.222. The molecule has 2 aromatic carbocycles. The van der Waals surface area contributed by atoms with Gasteiger partial charge in [-0.15, -0.1) is 0 Å². The molecule has 0 radical (unpaired) electrons. The maximum atomic E-state index is 12.1. The van der Waals surface area contributed by atoms with Gasteiger partial charge in [-0.05, 0) is 55.5 Å². The Morgan fingerprint density at radius 2 is 1.73 bits per heavy atom. The number of anilines is 1. The number of benzene rings is 2. The van der Waals surface area contributed by atoms with Gasteiger partial charge >= 0.3 is 0 Å². The molecule has 0 aliphatic heterocycles. The minimum Gasteiger partial charge on any atom is -0.494 e. The van der Waals surface area contributed by atoms with Crippen molar-refractivity contribution in [1.29, 1.82) is 0 Å². The van der Waals surface area contributed by atoms with Gasteiger partial charge in [0.15, 0.2) is 0 Å². The van der Waals surface area contributed by atoms with Gasteiger partial charge in [0.2, 0.25) is 5.78 Å². The predicted octanol–water partition coefficient (Wildman–Crippen LogP) is 3.74. The van der Waals surface area contributed by atoms with E-state index in [1.807, 2.05) is 50.2 Å². The molecule has 0 unspecified atom stereocenters. The van der Waals surface area contributed by atoms with Gasteiger partial charge in [-0.25, -0.2) is 0 Å². The first-order valence-electron chi connectivity index (χ1n) is 7.19. The molecule has 0 heterocycles. The summed E-state index contributed by atoms with van der Waals surface area (Å²) in [6, 6.07) is 14.8. The lowest BCUT2D eigenvalue weighted by Crippen LogP contribution is -2.07. The molecule has 0 aliphatic rings. The largest absolute Gasteiger partial charge is 0.494 e. The summed E-state index contributed by atoms with van der Waals surface area (Å²) in [5, 5.41) is 0. The van der Waals surface area contributed by atoms with Crippen LogP contribution in [0.2, 0.25) is 0 Å². The van der Waals surface area contributed by atoms with E-state index in [1.54, 1.807) is 24.3 Å². The smallest absolute Gasteiger partial charge is 0.204 e. The Morgan fingerprint density at radius 1 is 1.09 bits per heavy atom. The van der Waals surface area contributed by atoms with Crippen LogP contribution in [0.25, 0.3) is 0 Å². The highest BCUT2D eigenvalue weighted by molar-refractivity contribution is 6.35. The summed E-state index contributed by atoms with van der Waals surface area (Å²) in [6.45, 7) is 2.53. The van der Waals surface area contributed by atoms with Crippen molar-refractivity contribution in [3.8, 4) is 5.75 Å². The molecule has 2 rings (SSSR count). The minimum absolute atomic E-state index is 0.125. The van der Waals surface area contributed by atoms with Gasteiger partial charge in [-0.2, -0.15) is 0 Å². The summed E-state index contributed by atoms with van der Waals surface area (Å²) in [5.41, 5.74) is 2.44. The van der Waals surface area contributed by atoms with Gasteiger partial charge in [0.25, 0.3) is 0 Å². The molecule has 4 heteroatoms. The second kappa shape index (κ2) is 7.41. The first-order chi connectivity index (χ1) is 10.6. The van der Waals surface area contributed by atoms with Crippen molar-refractivity contribution in [2.24, 2.45) is 4.99 Å². The van der Waals surface area contributed by atoms with Crippen molar-refractivity contribution in [2.45, 2.75) is 6.92 Å². The topological polar surface area (TPSA) is 41.9 Å². The third-order valence-corrected chi connectivity index (χ3v) is 3.15. The zero-order chi connectivity index (χ0) is 15.9. The Kier molecular flexibility index (Phi) is 5.31. The van der Waals surface area contributed by atoms with E-state index in [4.69, 9.17) is 4.74 Å². The Hall–Kier alpha value is -2.62. The molecule has 0 aromatic heterocycles. The van der Waals surface area contributed by atoms with Crippen LogP contribution >= 0.6 is 0 Å². The second-order valence-electron chi connectivity index (χ2n) is 4.99. The van der Waals surface area contributed by atoms with E-state index in [2.05, 4.69) is 4.99 Å². The Morgan fingerprint density at radius 3 is 2.27 bits per heavy atom. The average Bonchev–Trinajstić information content (AvgIpc) is 2.54. The van der Waals surface area contributed by atoms with Crippen LogP contribution in [-0.4, -0.2) is 32.7 Å². The maximum Gasteiger partial charge on any atom is 0.204 e. The summed E-state index contributed by atoms with van der Waals surface area (Å²) >= 11 is 0. The highest BCUT2D eigenvalue weighted by Gasteiger charge is 2.03. The summed E-state index contributed by atoms with van der Waals surface area (Å²) in [4.78, 5) is 18.3. The summed E-state index contributed by atoms with van der Waals surface area (Å²) in [6.07, 6.45) is 1.35. The number of Topliss-reactive ketones (excluding diaryl/α,β-unsaturated/α-hetero) is 1. The molecule has 22 heavy (non-hydrogen) atoms. The predicted molar refractivity (Wildman–Crippen MR) is 90.9 cm³/mol. The lowest BCUT2D eigenvalue weighted by molar-refractivity contribution is 0.107. The van der Waals surface area contributed by atoms with E-state index in [0.29, 0.717) is 12.2 Å². The molecular weight excluding hydrogens is 276 g/mol. The van der Waals surface area contributed by atoms with Gasteiger partial charge in [0.05, 0.1) is 18.5 Å². The van der Waals surface area contributed by atoms with E-state index < -0.39 is 0 Å². The number of nitrogens with zero attached hydrogens (tertiary/aromatic N) is 2. The number of ether oxygens (including phenoxy) is 1. The van der Waals surface area contributed by atoms with E-state index in [0.717, 1.165) is 17.1 Å². The van der Waals surface area contributed by atoms with Crippen LogP contribution < -0.4 is 9.64 Å². The van der Waals surface area contributed by atoms with E-state index in [9.17, 15) is 4.79 Å². The summed E-state index contributed by atoms with van der Waals surface area (Å²) in [5.74, 6) is 0.634. The minimum atomic E-state index is -0.125. The molecule has 0 atom stereocenters. The molecule has 0 bridgehead atoms. The van der Waals surface area contributed by atoms with Gasteiger partial charge in [-0.3, -0.25) is 9.79 Å².